The number of allylic oxidation sites excluding steroid dienone is 1. The summed E-state index contributed by atoms with van der Waals surface area (Å²) in [6.07, 6.45) is 6.39. The van der Waals surface area contributed by atoms with Crippen LogP contribution >= 0.6 is 0 Å². The van der Waals surface area contributed by atoms with Crippen LogP contribution in [0.15, 0.2) is 127 Å². The van der Waals surface area contributed by atoms with E-state index in [4.69, 9.17) is 0 Å². The molecule has 1 aliphatic carbocycles. The molecule has 0 radical (unpaired) electrons. The van der Waals surface area contributed by atoms with Crippen LogP contribution in [-0.2, 0) is 6.42 Å². The monoisotopic (exact) mass is 639 g/mol. The van der Waals surface area contributed by atoms with Crippen LogP contribution in [0, 0.1) is 29.6 Å². The minimum Gasteiger partial charge on any atom is -0.308 e. The van der Waals surface area contributed by atoms with Gasteiger partial charge in [0.2, 0.25) is 0 Å². The summed E-state index contributed by atoms with van der Waals surface area (Å²) in [5.41, 5.74) is 11.4. The van der Waals surface area contributed by atoms with Crippen molar-refractivity contribution in [3.63, 3.8) is 0 Å². The molecule has 3 aromatic heterocycles. The first-order valence-electron chi connectivity index (χ1n) is 17.0. The van der Waals surface area contributed by atoms with Crippen molar-refractivity contribution >= 4 is 60.6 Å². The number of hydrogen-bond donors (Lipinski definition) is 0. The summed E-state index contributed by atoms with van der Waals surface area (Å²) >= 11 is 0. The SMILES string of the molecule is Cc1c(-n2c3c(c4ccccc42)CCC=C3)c(-n2c3ccccc3c3ccccc32)c(C#N)c(C#N)c1-n1c2ccccc2c2ccccc21. The van der Waals surface area contributed by atoms with E-state index in [0.717, 1.165) is 84.6 Å². The van der Waals surface area contributed by atoms with Gasteiger partial charge in [-0.1, -0.05) is 97.1 Å². The van der Waals surface area contributed by atoms with Crippen molar-refractivity contribution < 1.29 is 0 Å². The maximum absolute atomic E-state index is 11.3. The Morgan fingerprint density at radius 3 is 1.36 bits per heavy atom. The van der Waals surface area contributed by atoms with Crippen molar-refractivity contribution in [3.8, 4) is 29.2 Å². The van der Waals surface area contributed by atoms with E-state index in [-0.39, 0.29) is 0 Å². The van der Waals surface area contributed by atoms with Crippen LogP contribution < -0.4 is 0 Å². The van der Waals surface area contributed by atoms with Crippen molar-refractivity contribution in [2.24, 2.45) is 0 Å². The molecular formula is C45H29N5. The van der Waals surface area contributed by atoms with Crippen LogP contribution in [0.2, 0.25) is 0 Å². The second kappa shape index (κ2) is 10.6. The molecule has 0 atom stereocenters. The van der Waals surface area contributed by atoms with Gasteiger partial charge in [-0.05, 0) is 61.7 Å². The highest BCUT2D eigenvalue weighted by molar-refractivity contribution is 6.11. The Labute approximate surface area is 288 Å². The van der Waals surface area contributed by atoms with Crippen LogP contribution in [0.4, 0.5) is 0 Å². The smallest absolute Gasteiger partial charge is 0.103 e. The highest BCUT2D eigenvalue weighted by atomic mass is 15.1. The molecule has 0 amide bonds. The van der Waals surface area contributed by atoms with E-state index in [1.54, 1.807) is 0 Å². The molecule has 0 saturated carbocycles. The van der Waals surface area contributed by atoms with E-state index in [9.17, 15) is 10.5 Å². The molecule has 0 unspecified atom stereocenters. The van der Waals surface area contributed by atoms with Gasteiger partial charge in [0, 0.05) is 38.2 Å². The van der Waals surface area contributed by atoms with Gasteiger partial charge in [0.15, 0.2) is 0 Å². The second-order valence-electron chi connectivity index (χ2n) is 13.0. The topological polar surface area (TPSA) is 62.4 Å². The zero-order valence-electron chi connectivity index (χ0n) is 27.4. The number of para-hydroxylation sites is 5. The molecular weight excluding hydrogens is 611 g/mol. The van der Waals surface area contributed by atoms with Gasteiger partial charge in [0.25, 0.3) is 0 Å². The van der Waals surface area contributed by atoms with Crippen molar-refractivity contribution in [3.05, 3.63) is 155 Å². The Hall–Kier alpha value is -6.82. The third-order valence-electron chi connectivity index (χ3n) is 10.6. The first kappa shape index (κ1) is 28.2. The summed E-state index contributed by atoms with van der Waals surface area (Å²) in [7, 11) is 0. The minimum atomic E-state index is 0.350. The van der Waals surface area contributed by atoms with Gasteiger partial charge in [0.1, 0.15) is 12.1 Å². The highest BCUT2D eigenvalue weighted by Crippen LogP contribution is 2.45. The quantitative estimate of drug-likeness (QED) is 0.193. The molecule has 10 rings (SSSR count). The summed E-state index contributed by atoms with van der Waals surface area (Å²) in [6, 6.07) is 47.1. The molecule has 6 aromatic carbocycles. The molecule has 0 spiro atoms. The van der Waals surface area contributed by atoms with E-state index in [1.807, 2.05) is 24.3 Å². The third kappa shape index (κ3) is 3.64. The van der Waals surface area contributed by atoms with Gasteiger partial charge in [0.05, 0.1) is 55.8 Å². The molecule has 5 heteroatoms. The molecule has 0 bridgehead atoms. The molecule has 0 fully saturated rings. The fourth-order valence-corrected chi connectivity index (χ4v) is 8.58. The molecule has 1 aliphatic rings. The lowest BCUT2D eigenvalue weighted by atomic mass is 9.96. The fraction of sp³-hybridized carbons (Fsp3) is 0.0667. The van der Waals surface area contributed by atoms with Crippen LogP contribution in [0.1, 0.15) is 34.4 Å². The minimum absolute atomic E-state index is 0.350. The number of aromatic nitrogens is 3. The standard InChI is InChI=1S/C45H29N5/c1-28-43(48-37-20-8-2-14-29(37)30-15-3-9-21-38(30)48)35(26-46)36(27-47)45(50-41-24-12-6-18-33(41)34-19-7-13-25-42(34)50)44(28)49-39-22-10-4-16-31(39)32-17-5-11-23-40(32)49/h2-4,6-16,18-25H,5,17H2,1H3. The molecule has 234 valence electrons. The van der Waals surface area contributed by atoms with Crippen molar-refractivity contribution in [2.45, 2.75) is 19.8 Å². The number of nitrogens with zero attached hydrogens (tertiary/aromatic N) is 5. The maximum atomic E-state index is 11.3. The zero-order chi connectivity index (χ0) is 33.5. The Kier molecular flexibility index (Phi) is 5.98. The van der Waals surface area contributed by atoms with Gasteiger partial charge < -0.3 is 13.7 Å². The van der Waals surface area contributed by atoms with Gasteiger partial charge >= 0.3 is 0 Å². The van der Waals surface area contributed by atoms with Gasteiger partial charge in [-0.2, -0.15) is 10.5 Å². The summed E-state index contributed by atoms with van der Waals surface area (Å²) < 4.78 is 6.77. The number of aryl methyl sites for hydroxylation is 1. The largest absolute Gasteiger partial charge is 0.308 e. The van der Waals surface area contributed by atoms with Crippen molar-refractivity contribution in [2.75, 3.05) is 0 Å². The van der Waals surface area contributed by atoms with Gasteiger partial charge in [-0.3, -0.25) is 0 Å². The maximum Gasteiger partial charge on any atom is 0.103 e. The molecule has 3 heterocycles. The van der Waals surface area contributed by atoms with E-state index < -0.39 is 0 Å². The van der Waals surface area contributed by atoms with Crippen molar-refractivity contribution in [1.29, 1.82) is 10.5 Å². The van der Waals surface area contributed by atoms with E-state index in [1.165, 1.54) is 10.9 Å². The summed E-state index contributed by atoms with van der Waals surface area (Å²) in [6.45, 7) is 2.13. The normalized spacial score (nSPS) is 12.6. The molecule has 9 aromatic rings. The van der Waals surface area contributed by atoms with Crippen molar-refractivity contribution in [1.82, 2.24) is 13.7 Å². The molecule has 0 saturated heterocycles. The molecule has 0 aliphatic heterocycles. The zero-order valence-corrected chi connectivity index (χ0v) is 27.4. The van der Waals surface area contributed by atoms with Crippen LogP contribution in [0.5, 0.6) is 0 Å². The molecule has 5 nitrogen and oxygen atoms in total. The van der Waals surface area contributed by atoms with Crippen LogP contribution in [0.25, 0.3) is 77.7 Å². The number of rotatable bonds is 3. The number of nitriles is 2. The average molecular weight is 640 g/mol. The van der Waals surface area contributed by atoms with Gasteiger partial charge in [-0.15, -0.1) is 0 Å². The van der Waals surface area contributed by atoms with E-state index >= 15 is 0 Å². The first-order valence-corrected chi connectivity index (χ1v) is 17.0. The number of benzene rings is 6. The third-order valence-corrected chi connectivity index (χ3v) is 10.6. The fourth-order valence-electron chi connectivity index (χ4n) is 8.58. The molecule has 0 N–H and O–H groups in total. The van der Waals surface area contributed by atoms with Crippen LogP contribution in [0.3, 0.4) is 0 Å². The highest BCUT2D eigenvalue weighted by Gasteiger charge is 2.31. The summed E-state index contributed by atoms with van der Waals surface area (Å²) in [5.74, 6) is 0. The Morgan fingerprint density at radius 2 is 0.880 bits per heavy atom. The average Bonchev–Trinajstić information content (AvgIpc) is 3.80. The predicted molar refractivity (Wildman–Crippen MR) is 203 cm³/mol. The number of fused-ring (bicyclic) bond motifs is 9. The predicted octanol–water partition coefficient (Wildman–Crippen LogP) is 10.8. The van der Waals surface area contributed by atoms with Gasteiger partial charge in [-0.25, -0.2) is 0 Å². The Balaban J connectivity index is 1.49. The second-order valence-corrected chi connectivity index (χ2v) is 13.0. The number of hydrogen-bond acceptors (Lipinski definition) is 2. The van der Waals surface area contributed by atoms with E-state index in [2.05, 4.69) is 142 Å². The summed E-state index contributed by atoms with van der Waals surface area (Å²) in [5, 5.41) is 28.1. The lowest BCUT2D eigenvalue weighted by molar-refractivity contribution is 0.953. The van der Waals surface area contributed by atoms with Crippen LogP contribution in [-0.4, -0.2) is 13.7 Å². The first-order chi connectivity index (χ1) is 24.7. The Morgan fingerprint density at radius 1 is 0.480 bits per heavy atom. The Bertz CT molecular complexity index is 2910. The lowest BCUT2D eigenvalue weighted by Crippen LogP contribution is -2.15. The van der Waals surface area contributed by atoms with E-state index in [0.29, 0.717) is 16.8 Å². The summed E-state index contributed by atoms with van der Waals surface area (Å²) in [4.78, 5) is 0. The molecule has 50 heavy (non-hydrogen) atoms. The lowest BCUT2D eigenvalue weighted by Gasteiger charge is -2.25.